The SMILES string of the molecule is CC(CC(=O)NCC(=O)O)c1ccc(N)cc1. The van der Waals surface area contributed by atoms with Gasteiger partial charge in [-0.1, -0.05) is 19.1 Å². The number of amides is 1. The minimum Gasteiger partial charge on any atom is -0.480 e. The van der Waals surface area contributed by atoms with Crippen molar-refractivity contribution in [3.05, 3.63) is 29.8 Å². The zero-order valence-electron chi connectivity index (χ0n) is 9.64. The summed E-state index contributed by atoms with van der Waals surface area (Å²) in [4.78, 5) is 21.7. The van der Waals surface area contributed by atoms with Crippen LogP contribution in [0.1, 0.15) is 24.8 Å². The van der Waals surface area contributed by atoms with Crippen LogP contribution in [0, 0.1) is 0 Å². The number of carbonyl (C=O) groups is 2. The Balaban J connectivity index is 2.48. The van der Waals surface area contributed by atoms with E-state index in [0.717, 1.165) is 5.56 Å². The maximum atomic E-state index is 11.4. The Morgan fingerprint density at radius 3 is 2.47 bits per heavy atom. The molecule has 1 unspecified atom stereocenters. The Kier molecular flexibility index (Phi) is 4.51. The smallest absolute Gasteiger partial charge is 0.322 e. The number of rotatable bonds is 5. The first-order valence-corrected chi connectivity index (χ1v) is 5.33. The molecule has 1 amide bonds. The summed E-state index contributed by atoms with van der Waals surface area (Å²) < 4.78 is 0. The number of nitrogens with one attached hydrogen (secondary N) is 1. The van der Waals surface area contributed by atoms with Crippen molar-refractivity contribution in [3.63, 3.8) is 0 Å². The van der Waals surface area contributed by atoms with Gasteiger partial charge in [0, 0.05) is 12.1 Å². The van der Waals surface area contributed by atoms with Crippen LogP contribution in [-0.2, 0) is 9.59 Å². The van der Waals surface area contributed by atoms with E-state index in [0.29, 0.717) is 5.69 Å². The van der Waals surface area contributed by atoms with E-state index in [1.54, 1.807) is 12.1 Å². The second-order valence-electron chi connectivity index (χ2n) is 3.94. The second-order valence-corrected chi connectivity index (χ2v) is 3.94. The second kappa shape index (κ2) is 5.89. The Bertz CT molecular complexity index is 401. The average Bonchev–Trinajstić information content (AvgIpc) is 2.27. The normalized spacial score (nSPS) is 11.8. The van der Waals surface area contributed by atoms with E-state index in [2.05, 4.69) is 5.32 Å². The maximum Gasteiger partial charge on any atom is 0.322 e. The molecule has 0 bridgehead atoms. The van der Waals surface area contributed by atoms with Gasteiger partial charge in [-0.3, -0.25) is 9.59 Å². The van der Waals surface area contributed by atoms with Gasteiger partial charge in [0.1, 0.15) is 6.54 Å². The molecule has 1 aromatic rings. The van der Waals surface area contributed by atoms with Crippen LogP contribution in [0.25, 0.3) is 0 Å². The van der Waals surface area contributed by atoms with Gasteiger partial charge in [0.15, 0.2) is 0 Å². The van der Waals surface area contributed by atoms with Gasteiger partial charge in [0.25, 0.3) is 0 Å². The summed E-state index contributed by atoms with van der Waals surface area (Å²) in [5, 5.41) is 10.7. The fraction of sp³-hybridized carbons (Fsp3) is 0.333. The average molecular weight is 236 g/mol. The number of nitrogens with two attached hydrogens (primary N) is 1. The van der Waals surface area contributed by atoms with Crippen molar-refractivity contribution in [1.82, 2.24) is 5.32 Å². The molecule has 1 atom stereocenters. The predicted molar refractivity (Wildman–Crippen MR) is 64.5 cm³/mol. The maximum absolute atomic E-state index is 11.4. The summed E-state index contributed by atoms with van der Waals surface area (Å²) in [5.41, 5.74) is 7.25. The lowest BCUT2D eigenvalue weighted by molar-refractivity contribution is -0.138. The molecule has 0 heterocycles. The number of benzene rings is 1. The van der Waals surface area contributed by atoms with E-state index >= 15 is 0 Å². The molecular formula is C12H16N2O3. The van der Waals surface area contributed by atoms with Crippen LogP contribution >= 0.6 is 0 Å². The lowest BCUT2D eigenvalue weighted by atomic mass is 9.97. The minimum absolute atomic E-state index is 0.0318. The lowest BCUT2D eigenvalue weighted by Gasteiger charge is -2.11. The number of aliphatic carboxylic acids is 1. The van der Waals surface area contributed by atoms with Crippen LogP contribution < -0.4 is 11.1 Å². The van der Waals surface area contributed by atoms with Gasteiger partial charge < -0.3 is 16.2 Å². The van der Waals surface area contributed by atoms with E-state index < -0.39 is 5.97 Å². The van der Waals surface area contributed by atoms with Crippen molar-refractivity contribution < 1.29 is 14.7 Å². The highest BCUT2D eigenvalue weighted by atomic mass is 16.4. The third-order valence-electron chi connectivity index (χ3n) is 2.43. The molecular weight excluding hydrogens is 220 g/mol. The molecule has 0 saturated heterocycles. The van der Waals surface area contributed by atoms with Crippen LogP contribution in [0.4, 0.5) is 5.69 Å². The number of carboxylic acids is 1. The summed E-state index contributed by atoms with van der Waals surface area (Å²) in [7, 11) is 0. The summed E-state index contributed by atoms with van der Waals surface area (Å²) >= 11 is 0. The monoisotopic (exact) mass is 236 g/mol. The predicted octanol–water partition coefficient (Wildman–Crippen LogP) is 0.963. The molecule has 0 fully saturated rings. The van der Waals surface area contributed by atoms with Crippen molar-refractivity contribution in [2.75, 3.05) is 12.3 Å². The first-order chi connectivity index (χ1) is 7.99. The zero-order valence-corrected chi connectivity index (χ0v) is 9.64. The number of carboxylic acid groups (broad SMARTS) is 1. The molecule has 0 saturated carbocycles. The molecule has 17 heavy (non-hydrogen) atoms. The van der Waals surface area contributed by atoms with Crippen molar-refractivity contribution in [1.29, 1.82) is 0 Å². The third kappa shape index (κ3) is 4.55. The summed E-state index contributed by atoms with van der Waals surface area (Å²) in [6.45, 7) is 1.57. The fourth-order valence-electron chi connectivity index (χ4n) is 1.47. The first-order valence-electron chi connectivity index (χ1n) is 5.33. The highest BCUT2D eigenvalue weighted by molar-refractivity contribution is 5.81. The van der Waals surface area contributed by atoms with E-state index in [4.69, 9.17) is 10.8 Å². The Morgan fingerprint density at radius 1 is 1.35 bits per heavy atom. The molecule has 4 N–H and O–H groups in total. The standard InChI is InChI=1S/C12H16N2O3/c1-8(6-11(15)14-7-12(16)17)9-2-4-10(13)5-3-9/h2-5,8H,6-7,13H2,1H3,(H,14,15)(H,16,17). The molecule has 0 aliphatic rings. The number of hydrogen-bond acceptors (Lipinski definition) is 3. The highest BCUT2D eigenvalue weighted by Gasteiger charge is 2.11. The molecule has 0 aliphatic carbocycles. The van der Waals surface area contributed by atoms with Gasteiger partial charge in [-0.2, -0.15) is 0 Å². The molecule has 1 aromatic carbocycles. The van der Waals surface area contributed by atoms with E-state index in [-0.39, 0.29) is 24.8 Å². The quantitative estimate of drug-likeness (QED) is 0.664. The lowest BCUT2D eigenvalue weighted by Crippen LogP contribution is -2.29. The summed E-state index contributed by atoms with van der Waals surface area (Å²) in [6, 6.07) is 7.29. The number of anilines is 1. The van der Waals surface area contributed by atoms with Crippen molar-refractivity contribution >= 4 is 17.6 Å². The molecule has 0 spiro atoms. The Morgan fingerprint density at radius 2 is 1.94 bits per heavy atom. The van der Waals surface area contributed by atoms with Crippen LogP contribution in [0.5, 0.6) is 0 Å². The number of carbonyl (C=O) groups excluding carboxylic acids is 1. The van der Waals surface area contributed by atoms with Gasteiger partial charge in [-0.25, -0.2) is 0 Å². The van der Waals surface area contributed by atoms with Gasteiger partial charge in [0.05, 0.1) is 0 Å². The highest BCUT2D eigenvalue weighted by Crippen LogP contribution is 2.19. The molecule has 1 rings (SSSR count). The fourth-order valence-corrected chi connectivity index (χ4v) is 1.47. The van der Waals surface area contributed by atoms with Crippen molar-refractivity contribution in [2.45, 2.75) is 19.3 Å². The molecule has 0 aliphatic heterocycles. The topological polar surface area (TPSA) is 92.4 Å². The summed E-state index contributed by atoms with van der Waals surface area (Å²) in [6.07, 6.45) is 0.261. The largest absolute Gasteiger partial charge is 0.480 e. The third-order valence-corrected chi connectivity index (χ3v) is 2.43. The first kappa shape index (κ1) is 13.0. The van der Waals surface area contributed by atoms with E-state index in [1.807, 2.05) is 19.1 Å². The van der Waals surface area contributed by atoms with Gasteiger partial charge in [-0.15, -0.1) is 0 Å². The Labute approximate surface area is 99.6 Å². The molecule has 0 radical (unpaired) electrons. The van der Waals surface area contributed by atoms with Crippen LogP contribution in [-0.4, -0.2) is 23.5 Å². The molecule has 5 nitrogen and oxygen atoms in total. The number of hydrogen-bond donors (Lipinski definition) is 3. The number of nitrogen functional groups attached to an aromatic ring is 1. The van der Waals surface area contributed by atoms with Gasteiger partial charge in [0.2, 0.25) is 5.91 Å². The van der Waals surface area contributed by atoms with Crippen LogP contribution in [0.3, 0.4) is 0 Å². The minimum atomic E-state index is -1.04. The van der Waals surface area contributed by atoms with E-state index in [9.17, 15) is 9.59 Å². The van der Waals surface area contributed by atoms with Gasteiger partial charge >= 0.3 is 5.97 Å². The molecule has 92 valence electrons. The van der Waals surface area contributed by atoms with E-state index in [1.165, 1.54) is 0 Å². The summed E-state index contributed by atoms with van der Waals surface area (Å²) in [5.74, 6) is -1.28. The van der Waals surface area contributed by atoms with Crippen molar-refractivity contribution in [2.24, 2.45) is 0 Å². The van der Waals surface area contributed by atoms with Crippen LogP contribution in [0.2, 0.25) is 0 Å². The van der Waals surface area contributed by atoms with Crippen LogP contribution in [0.15, 0.2) is 24.3 Å². The zero-order chi connectivity index (χ0) is 12.8. The molecule has 0 aromatic heterocycles. The Hall–Kier alpha value is -2.04. The van der Waals surface area contributed by atoms with Crippen molar-refractivity contribution in [3.8, 4) is 0 Å². The molecule has 5 heteroatoms. The van der Waals surface area contributed by atoms with Gasteiger partial charge in [-0.05, 0) is 23.6 Å².